The van der Waals surface area contributed by atoms with Crippen LogP contribution in [0.25, 0.3) is 0 Å². The number of phenols is 1. The van der Waals surface area contributed by atoms with Gasteiger partial charge in [-0.05, 0) is 19.9 Å². The molecule has 1 saturated heterocycles. The molecule has 1 aliphatic rings. The zero-order valence-electron chi connectivity index (χ0n) is 13.0. The molecule has 5 nitrogen and oxygen atoms in total. The number of aromatic hydroxyl groups is 1. The Kier molecular flexibility index (Phi) is 5.85. The molecule has 21 heavy (non-hydrogen) atoms. The van der Waals surface area contributed by atoms with Crippen molar-refractivity contribution in [2.45, 2.75) is 19.9 Å². The maximum atomic E-state index is 10.4. The van der Waals surface area contributed by atoms with Crippen molar-refractivity contribution in [1.29, 1.82) is 0 Å². The van der Waals surface area contributed by atoms with Gasteiger partial charge < -0.3 is 20.4 Å². The van der Waals surface area contributed by atoms with Crippen LogP contribution < -0.4 is 10.2 Å². The minimum atomic E-state index is -0.127. The Balaban J connectivity index is 2.21. The number of nitrogens with zero attached hydrogens (tertiary/aromatic N) is 2. The summed E-state index contributed by atoms with van der Waals surface area (Å²) in [5.41, 5.74) is 1.84. The van der Waals surface area contributed by atoms with E-state index in [4.69, 9.17) is 0 Å². The second kappa shape index (κ2) is 7.64. The summed E-state index contributed by atoms with van der Waals surface area (Å²) in [6.45, 7) is 9.69. The summed E-state index contributed by atoms with van der Waals surface area (Å²) in [5.74, 6) is 0.275. The summed E-state index contributed by atoms with van der Waals surface area (Å²) in [6, 6.07) is 5.67. The Morgan fingerprint density at radius 2 is 1.90 bits per heavy atom. The number of anilines is 1. The van der Waals surface area contributed by atoms with Crippen LogP contribution in [0, 0.1) is 0 Å². The fourth-order valence-corrected chi connectivity index (χ4v) is 3.00. The van der Waals surface area contributed by atoms with Crippen molar-refractivity contribution in [3.63, 3.8) is 0 Å². The number of rotatable bonds is 6. The van der Waals surface area contributed by atoms with Crippen molar-refractivity contribution in [2.24, 2.45) is 0 Å². The first-order valence-electron chi connectivity index (χ1n) is 7.84. The topological polar surface area (TPSA) is 59.0 Å². The predicted molar refractivity (Wildman–Crippen MR) is 85.9 cm³/mol. The van der Waals surface area contributed by atoms with Crippen molar-refractivity contribution >= 4 is 5.69 Å². The highest BCUT2D eigenvalue weighted by Gasteiger charge is 2.24. The molecular formula is C16H27N3O2. The van der Waals surface area contributed by atoms with Crippen LogP contribution in [-0.2, 0) is 0 Å². The molecule has 118 valence electrons. The molecular weight excluding hydrogens is 266 g/mol. The Bertz CT molecular complexity index is 443. The highest BCUT2D eigenvalue weighted by atomic mass is 16.3. The van der Waals surface area contributed by atoms with Gasteiger partial charge >= 0.3 is 0 Å². The molecule has 0 unspecified atom stereocenters. The fourth-order valence-electron chi connectivity index (χ4n) is 3.00. The molecule has 0 radical (unpaired) electrons. The number of aliphatic hydroxyl groups is 1. The number of hydrogen-bond acceptors (Lipinski definition) is 5. The van der Waals surface area contributed by atoms with E-state index in [1.165, 1.54) is 0 Å². The average molecular weight is 293 g/mol. The molecule has 0 aliphatic carbocycles. The first-order chi connectivity index (χ1) is 10.2. The molecule has 0 spiro atoms. The van der Waals surface area contributed by atoms with Crippen molar-refractivity contribution in [2.75, 3.05) is 50.8 Å². The van der Waals surface area contributed by atoms with E-state index in [1.807, 2.05) is 18.2 Å². The van der Waals surface area contributed by atoms with Crippen molar-refractivity contribution in [1.82, 2.24) is 10.2 Å². The van der Waals surface area contributed by atoms with Gasteiger partial charge in [0.1, 0.15) is 5.75 Å². The average Bonchev–Trinajstić information content (AvgIpc) is 2.52. The van der Waals surface area contributed by atoms with E-state index in [-0.39, 0.29) is 18.4 Å². The summed E-state index contributed by atoms with van der Waals surface area (Å²) in [7, 11) is 0. The van der Waals surface area contributed by atoms with Crippen molar-refractivity contribution in [3.8, 4) is 5.75 Å². The van der Waals surface area contributed by atoms with Gasteiger partial charge in [0.15, 0.2) is 0 Å². The van der Waals surface area contributed by atoms with Gasteiger partial charge in [0, 0.05) is 56.6 Å². The Hall–Kier alpha value is -1.30. The molecule has 1 aliphatic heterocycles. The minimum absolute atomic E-state index is 0.0260. The maximum absolute atomic E-state index is 10.4. The van der Waals surface area contributed by atoms with Gasteiger partial charge in [0.05, 0.1) is 12.6 Å². The maximum Gasteiger partial charge on any atom is 0.122 e. The summed E-state index contributed by atoms with van der Waals surface area (Å²) in [5, 5.41) is 23.4. The summed E-state index contributed by atoms with van der Waals surface area (Å²) in [6.07, 6.45) is 0. The van der Waals surface area contributed by atoms with Gasteiger partial charge in [0.25, 0.3) is 0 Å². The van der Waals surface area contributed by atoms with Crippen molar-refractivity contribution in [3.05, 3.63) is 23.8 Å². The van der Waals surface area contributed by atoms with Crippen LogP contribution in [-0.4, -0.2) is 61.0 Å². The lowest BCUT2D eigenvalue weighted by Crippen LogP contribution is -2.46. The lowest BCUT2D eigenvalue weighted by molar-refractivity contribution is 0.109. The van der Waals surface area contributed by atoms with Gasteiger partial charge in [-0.1, -0.05) is 6.07 Å². The van der Waals surface area contributed by atoms with Crippen molar-refractivity contribution < 1.29 is 10.2 Å². The standard InChI is InChI=1S/C16H27N3O2/c1-3-18(4-2)13-5-6-14(16(21)11-13)15(12-20)19-9-7-17-8-10-19/h5-6,11,15,17,20-21H,3-4,7-10,12H2,1-2H3/t15-/m0/s1. The lowest BCUT2D eigenvalue weighted by Gasteiger charge is -2.34. The summed E-state index contributed by atoms with van der Waals surface area (Å²) >= 11 is 0. The summed E-state index contributed by atoms with van der Waals surface area (Å²) < 4.78 is 0. The fraction of sp³-hybridized carbons (Fsp3) is 0.625. The quantitative estimate of drug-likeness (QED) is 0.735. The van der Waals surface area contributed by atoms with E-state index in [0.29, 0.717) is 0 Å². The van der Waals surface area contributed by atoms with Gasteiger partial charge in [-0.25, -0.2) is 0 Å². The molecule has 1 atom stereocenters. The molecule has 1 aromatic carbocycles. The van der Waals surface area contributed by atoms with Crippen LogP contribution in [0.2, 0.25) is 0 Å². The van der Waals surface area contributed by atoms with E-state index in [1.54, 1.807) is 0 Å². The third-order valence-corrected chi connectivity index (χ3v) is 4.27. The Labute approximate surface area is 127 Å². The monoisotopic (exact) mass is 293 g/mol. The van der Waals surface area contributed by atoms with Crippen LogP contribution >= 0.6 is 0 Å². The van der Waals surface area contributed by atoms with E-state index in [9.17, 15) is 10.2 Å². The van der Waals surface area contributed by atoms with E-state index < -0.39 is 0 Å². The van der Waals surface area contributed by atoms with Crippen LogP contribution in [0.4, 0.5) is 5.69 Å². The van der Waals surface area contributed by atoms with Gasteiger partial charge in [-0.15, -0.1) is 0 Å². The minimum Gasteiger partial charge on any atom is -0.508 e. The Morgan fingerprint density at radius 3 is 2.43 bits per heavy atom. The zero-order valence-corrected chi connectivity index (χ0v) is 13.0. The van der Waals surface area contributed by atoms with E-state index in [0.717, 1.165) is 50.5 Å². The molecule has 1 aromatic rings. The first kappa shape index (κ1) is 16.1. The number of aliphatic hydroxyl groups excluding tert-OH is 1. The van der Waals surface area contributed by atoms with Gasteiger partial charge in [0.2, 0.25) is 0 Å². The Morgan fingerprint density at radius 1 is 1.24 bits per heavy atom. The largest absolute Gasteiger partial charge is 0.508 e. The molecule has 1 heterocycles. The third-order valence-electron chi connectivity index (χ3n) is 4.27. The smallest absolute Gasteiger partial charge is 0.122 e. The normalized spacial score (nSPS) is 17.7. The molecule has 0 saturated carbocycles. The summed E-state index contributed by atoms with van der Waals surface area (Å²) in [4.78, 5) is 4.42. The molecule has 1 fully saturated rings. The third kappa shape index (κ3) is 3.67. The van der Waals surface area contributed by atoms with Crippen LogP contribution in [0.1, 0.15) is 25.5 Å². The first-order valence-corrected chi connectivity index (χ1v) is 7.84. The lowest BCUT2D eigenvalue weighted by atomic mass is 10.0. The second-order valence-electron chi connectivity index (χ2n) is 5.40. The van der Waals surface area contributed by atoms with Crippen LogP contribution in [0.15, 0.2) is 18.2 Å². The second-order valence-corrected chi connectivity index (χ2v) is 5.40. The van der Waals surface area contributed by atoms with Gasteiger partial charge in [-0.3, -0.25) is 4.90 Å². The van der Waals surface area contributed by atoms with Gasteiger partial charge in [-0.2, -0.15) is 0 Å². The molecule has 2 rings (SSSR count). The number of piperazine rings is 1. The predicted octanol–water partition coefficient (Wildman–Crippen LogP) is 1.18. The number of hydrogen-bond donors (Lipinski definition) is 3. The highest BCUT2D eigenvalue weighted by molar-refractivity contribution is 5.54. The molecule has 3 N–H and O–H groups in total. The molecule has 0 aromatic heterocycles. The SMILES string of the molecule is CCN(CC)c1ccc([C@H](CO)N2CCNCC2)c(O)c1. The number of benzene rings is 1. The number of nitrogens with one attached hydrogen (secondary N) is 1. The van der Waals surface area contributed by atoms with E-state index >= 15 is 0 Å². The molecule has 5 heteroatoms. The van der Waals surface area contributed by atoms with Crippen LogP contribution in [0.5, 0.6) is 5.75 Å². The number of phenolic OH excluding ortho intramolecular Hbond substituents is 1. The van der Waals surface area contributed by atoms with Crippen LogP contribution in [0.3, 0.4) is 0 Å². The highest BCUT2D eigenvalue weighted by Crippen LogP contribution is 2.32. The zero-order chi connectivity index (χ0) is 15.2. The molecule has 0 bridgehead atoms. The molecule has 0 amide bonds. The van der Waals surface area contributed by atoms with E-state index in [2.05, 4.69) is 29.0 Å².